The monoisotopic (exact) mass is 216 g/mol. The fourth-order valence-electron chi connectivity index (χ4n) is 2.22. The van der Waals surface area contributed by atoms with E-state index in [2.05, 4.69) is 11.0 Å². The highest BCUT2D eigenvalue weighted by Gasteiger charge is 2.19. The molecule has 1 heterocycles. The number of nitriles is 1. The number of aliphatic hydroxyl groups excluding tert-OH is 1. The number of aliphatic hydroxyl groups is 1. The highest BCUT2D eigenvalue weighted by atomic mass is 16.3. The molecule has 1 aliphatic rings. The molecule has 1 unspecified atom stereocenters. The molecule has 3 nitrogen and oxygen atoms in total. The predicted molar refractivity (Wildman–Crippen MR) is 63.2 cm³/mol. The molecule has 16 heavy (non-hydrogen) atoms. The van der Waals surface area contributed by atoms with Gasteiger partial charge in [-0.3, -0.25) is 0 Å². The first-order valence-corrected chi connectivity index (χ1v) is 5.69. The van der Waals surface area contributed by atoms with Gasteiger partial charge in [-0.1, -0.05) is 6.07 Å². The van der Waals surface area contributed by atoms with Gasteiger partial charge in [-0.05, 0) is 37.0 Å². The molecule has 2 rings (SSSR count). The van der Waals surface area contributed by atoms with Crippen molar-refractivity contribution in [2.45, 2.75) is 12.8 Å². The molecule has 84 valence electrons. The molecule has 1 aromatic rings. The average Bonchev–Trinajstić information content (AvgIpc) is 2.39. The minimum atomic E-state index is 0.258. The van der Waals surface area contributed by atoms with Crippen LogP contribution in [0.15, 0.2) is 24.3 Å². The lowest BCUT2D eigenvalue weighted by atomic mass is 9.98. The van der Waals surface area contributed by atoms with Crippen LogP contribution in [0.5, 0.6) is 0 Å². The zero-order chi connectivity index (χ0) is 11.4. The van der Waals surface area contributed by atoms with Crippen molar-refractivity contribution < 1.29 is 5.11 Å². The molecule has 0 amide bonds. The Labute approximate surface area is 95.9 Å². The molecule has 0 spiro atoms. The highest BCUT2D eigenvalue weighted by Crippen LogP contribution is 2.23. The molecule has 3 heteroatoms. The molecular weight excluding hydrogens is 200 g/mol. The van der Waals surface area contributed by atoms with Gasteiger partial charge in [0.2, 0.25) is 0 Å². The third-order valence-corrected chi connectivity index (χ3v) is 3.12. The van der Waals surface area contributed by atoms with E-state index in [9.17, 15) is 5.11 Å². The summed E-state index contributed by atoms with van der Waals surface area (Å²) < 4.78 is 0. The first-order valence-electron chi connectivity index (χ1n) is 5.69. The van der Waals surface area contributed by atoms with Gasteiger partial charge in [0.1, 0.15) is 0 Å². The van der Waals surface area contributed by atoms with E-state index < -0.39 is 0 Å². The van der Waals surface area contributed by atoms with Crippen molar-refractivity contribution in [3.05, 3.63) is 29.8 Å². The van der Waals surface area contributed by atoms with E-state index in [0.29, 0.717) is 11.5 Å². The Hall–Kier alpha value is -1.53. The standard InChI is InChI=1S/C13H16N2O/c14-8-11-3-1-5-13(7-11)15-6-2-4-12(9-15)10-16/h1,3,5,7,12,16H,2,4,6,9-10H2. The van der Waals surface area contributed by atoms with Crippen LogP contribution >= 0.6 is 0 Å². The first-order chi connectivity index (χ1) is 7.83. The summed E-state index contributed by atoms with van der Waals surface area (Å²) in [5.41, 5.74) is 1.79. The van der Waals surface area contributed by atoms with Gasteiger partial charge in [-0.25, -0.2) is 0 Å². The van der Waals surface area contributed by atoms with Crippen LogP contribution in [-0.4, -0.2) is 24.8 Å². The van der Waals surface area contributed by atoms with Crippen molar-refractivity contribution in [3.8, 4) is 6.07 Å². The molecule has 0 bridgehead atoms. The Kier molecular flexibility index (Phi) is 3.43. The molecule has 1 N–H and O–H groups in total. The second-order valence-electron chi connectivity index (χ2n) is 4.30. The molecule has 1 saturated heterocycles. The van der Waals surface area contributed by atoms with Crippen molar-refractivity contribution in [1.82, 2.24) is 0 Å². The smallest absolute Gasteiger partial charge is 0.0992 e. The van der Waals surface area contributed by atoms with E-state index in [4.69, 9.17) is 5.26 Å². The van der Waals surface area contributed by atoms with Gasteiger partial charge < -0.3 is 10.0 Å². The lowest BCUT2D eigenvalue weighted by Crippen LogP contribution is -2.36. The predicted octanol–water partition coefficient (Wildman–Crippen LogP) is 1.77. The number of rotatable bonds is 2. The van der Waals surface area contributed by atoms with Crippen molar-refractivity contribution in [2.75, 3.05) is 24.6 Å². The summed E-state index contributed by atoms with van der Waals surface area (Å²) in [5, 5.41) is 18.0. The molecule has 0 aromatic heterocycles. The van der Waals surface area contributed by atoms with E-state index in [1.54, 1.807) is 0 Å². The van der Waals surface area contributed by atoms with Crippen LogP contribution in [-0.2, 0) is 0 Å². The Morgan fingerprint density at radius 3 is 3.12 bits per heavy atom. The van der Waals surface area contributed by atoms with E-state index in [1.807, 2.05) is 24.3 Å². The zero-order valence-electron chi connectivity index (χ0n) is 9.26. The van der Waals surface area contributed by atoms with Gasteiger partial charge in [-0.15, -0.1) is 0 Å². The van der Waals surface area contributed by atoms with Gasteiger partial charge in [0.05, 0.1) is 11.6 Å². The fraction of sp³-hybridized carbons (Fsp3) is 0.462. The van der Waals surface area contributed by atoms with E-state index in [-0.39, 0.29) is 6.61 Å². The normalized spacial score (nSPS) is 20.5. The second kappa shape index (κ2) is 5.00. The Bertz CT molecular complexity index is 397. The number of piperidine rings is 1. The molecule has 1 aliphatic heterocycles. The second-order valence-corrected chi connectivity index (χ2v) is 4.30. The summed E-state index contributed by atoms with van der Waals surface area (Å²) in [4.78, 5) is 2.26. The van der Waals surface area contributed by atoms with E-state index in [0.717, 1.165) is 31.6 Å². The SMILES string of the molecule is N#Cc1cccc(N2CCCC(CO)C2)c1. The summed E-state index contributed by atoms with van der Waals surface area (Å²) in [6.07, 6.45) is 2.22. The van der Waals surface area contributed by atoms with Gasteiger partial charge in [0.25, 0.3) is 0 Å². The Morgan fingerprint density at radius 1 is 1.50 bits per heavy atom. The van der Waals surface area contributed by atoms with Crippen LogP contribution in [0.3, 0.4) is 0 Å². The largest absolute Gasteiger partial charge is 0.396 e. The molecule has 0 aliphatic carbocycles. The quantitative estimate of drug-likeness (QED) is 0.819. The summed E-state index contributed by atoms with van der Waals surface area (Å²) >= 11 is 0. The van der Waals surface area contributed by atoms with E-state index in [1.165, 1.54) is 0 Å². The van der Waals surface area contributed by atoms with Crippen LogP contribution < -0.4 is 4.90 Å². The minimum Gasteiger partial charge on any atom is -0.396 e. The third-order valence-electron chi connectivity index (χ3n) is 3.12. The zero-order valence-corrected chi connectivity index (χ0v) is 9.26. The summed E-state index contributed by atoms with van der Waals surface area (Å²) in [5.74, 6) is 0.375. The molecule has 0 radical (unpaired) electrons. The van der Waals surface area contributed by atoms with Crippen LogP contribution in [0, 0.1) is 17.2 Å². The van der Waals surface area contributed by atoms with Crippen molar-refractivity contribution >= 4 is 5.69 Å². The molecule has 1 fully saturated rings. The van der Waals surface area contributed by atoms with Gasteiger partial charge in [0.15, 0.2) is 0 Å². The van der Waals surface area contributed by atoms with Gasteiger partial charge in [-0.2, -0.15) is 5.26 Å². The maximum absolute atomic E-state index is 9.18. The van der Waals surface area contributed by atoms with Crippen molar-refractivity contribution in [1.29, 1.82) is 5.26 Å². The fourth-order valence-corrected chi connectivity index (χ4v) is 2.22. The number of hydrogen-bond donors (Lipinski definition) is 1. The number of anilines is 1. The Morgan fingerprint density at radius 2 is 2.38 bits per heavy atom. The molecule has 1 aromatic carbocycles. The van der Waals surface area contributed by atoms with Gasteiger partial charge in [0, 0.05) is 25.4 Å². The van der Waals surface area contributed by atoms with E-state index >= 15 is 0 Å². The van der Waals surface area contributed by atoms with Crippen LogP contribution in [0.25, 0.3) is 0 Å². The lowest BCUT2D eigenvalue weighted by Gasteiger charge is -2.33. The number of nitrogens with zero attached hydrogens (tertiary/aromatic N) is 2. The average molecular weight is 216 g/mol. The van der Waals surface area contributed by atoms with Crippen LogP contribution in [0.4, 0.5) is 5.69 Å². The first kappa shape index (κ1) is 11.0. The number of hydrogen-bond acceptors (Lipinski definition) is 3. The molecule has 1 atom stereocenters. The summed E-state index contributed by atoms with van der Waals surface area (Å²) in [6, 6.07) is 9.83. The highest BCUT2D eigenvalue weighted by molar-refractivity contribution is 5.51. The molecule has 0 saturated carbocycles. The molecular formula is C13H16N2O. The van der Waals surface area contributed by atoms with Crippen LogP contribution in [0.1, 0.15) is 18.4 Å². The summed E-state index contributed by atoms with van der Waals surface area (Å²) in [6.45, 7) is 2.17. The third kappa shape index (κ3) is 2.34. The lowest BCUT2D eigenvalue weighted by molar-refractivity contribution is 0.209. The van der Waals surface area contributed by atoms with Crippen molar-refractivity contribution in [3.63, 3.8) is 0 Å². The topological polar surface area (TPSA) is 47.3 Å². The minimum absolute atomic E-state index is 0.258. The maximum Gasteiger partial charge on any atom is 0.0992 e. The van der Waals surface area contributed by atoms with Crippen molar-refractivity contribution in [2.24, 2.45) is 5.92 Å². The van der Waals surface area contributed by atoms with Gasteiger partial charge >= 0.3 is 0 Å². The number of benzene rings is 1. The Balaban J connectivity index is 2.14. The summed E-state index contributed by atoms with van der Waals surface area (Å²) in [7, 11) is 0. The maximum atomic E-state index is 9.18. The van der Waals surface area contributed by atoms with Crippen LogP contribution in [0.2, 0.25) is 0 Å².